The summed E-state index contributed by atoms with van der Waals surface area (Å²) >= 11 is 0. The predicted molar refractivity (Wildman–Crippen MR) is 137 cm³/mol. The van der Waals surface area contributed by atoms with Crippen LogP contribution in [0.3, 0.4) is 0 Å². The van der Waals surface area contributed by atoms with Crippen LogP contribution in [0.5, 0.6) is 0 Å². The van der Waals surface area contributed by atoms with E-state index in [1.165, 1.54) is 19.2 Å². The van der Waals surface area contributed by atoms with Gasteiger partial charge in [-0.05, 0) is 49.6 Å². The minimum atomic E-state index is -0.434. The van der Waals surface area contributed by atoms with Gasteiger partial charge in [-0.2, -0.15) is 0 Å². The number of anilines is 1. The average molecular weight is 485 g/mol. The Kier molecular flexibility index (Phi) is 6.33. The standard InChI is InChI=1S/C28H25FN4O3/c1-17(34)22-16-30-24-11-12-25(32-26(24)27(22)35)31-15-20-8-5-13-33(20)28(36)19-9-10-21(23(29)14-19)18-6-3-2-4-7-18/h2-4,6-7,9-12,14,16,20H,5,8,13,15H2,1H3,(H,30,35)(H,31,32). The van der Waals surface area contributed by atoms with E-state index in [-0.39, 0.29) is 28.8 Å². The number of rotatable bonds is 6. The third-order valence-corrected chi connectivity index (χ3v) is 6.56. The van der Waals surface area contributed by atoms with Crippen molar-refractivity contribution < 1.29 is 14.0 Å². The van der Waals surface area contributed by atoms with Crippen molar-refractivity contribution in [3.63, 3.8) is 0 Å². The number of fused-ring (bicyclic) bond motifs is 1. The van der Waals surface area contributed by atoms with Crippen LogP contribution in [0.1, 0.15) is 40.5 Å². The van der Waals surface area contributed by atoms with Gasteiger partial charge in [-0.25, -0.2) is 9.37 Å². The number of Topliss-reactive ketones (excluding diaryl/α,β-unsaturated/α-hetero) is 1. The lowest BCUT2D eigenvalue weighted by atomic mass is 10.0. The number of ketones is 1. The number of likely N-dealkylation sites (tertiary alicyclic amines) is 1. The number of amides is 1. The van der Waals surface area contributed by atoms with Gasteiger partial charge in [0.25, 0.3) is 5.91 Å². The van der Waals surface area contributed by atoms with Crippen LogP contribution < -0.4 is 10.7 Å². The van der Waals surface area contributed by atoms with Crippen LogP contribution in [0, 0.1) is 5.82 Å². The number of halogens is 1. The molecule has 0 aliphatic carbocycles. The van der Waals surface area contributed by atoms with Crippen LogP contribution in [-0.2, 0) is 0 Å². The highest BCUT2D eigenvalue weighted by Crippen LogP contribution is 2.26. The summed E-state index contributed by atoms with van der Waals surface area (Å²) in [6.45, 7) is 2.35. The van der Waals surface area contributed by atoms with Crippen molar-refractivity contribution in [3.05, 3.63) is 94.0 Å². The number of pyridine rings is 2. The fourth-order valence-corrected chi connectivity index (χ4v) is 4.66. The van der Waals surface area contributed by atoms with E-state index in [0.717, 1.165) is 18.4 Å². The summed E-state index contributed by atoms with van der Waals surface area (Å²) in [6.07, 6.45) is 3.04. The lowest BCUT2D eigenvalue weighted by Crippen LogP contribution is -2.39. The maximum Gasteiger partial charge on any atom is 0.254 e. The van der Waals surface area contributed by atoms with Gasteiger partial charge in [0.2, 0.25) is 5.43 Å². The number of carbonyl (C=O) groups excluding carboxylic acids is 2. The topological polar surface area (TPSA) is 95.2 Å². The molecule has 0 bridgehead atoms. The minimum Gasteiger partial charge on any atom is -0.368 e. The minimum absolute atomic E-state index is 0.0604. The second kappa shape index (κ2) is 9.73. The lowest BCUT2D eigenvalue weighted by molar-refractivity contribution is 0.0743. The molecule has 1 amide bonds. The van der Waals surface area contributed by atoms with Crippen molar-refractivity contribution in [1.29, 1.82) is 0 Å². The highest BCUT2D eigenvalue weighted by atomic mass is 19.1. The molecule has 1 saturated heterocycles. The van der Waals surface area contributed by atoms with Gasteiger partial charge in [0.15, 0.2) is 5.78 Å². The van der Waals surface area contributed by atoms with Crippen LogP contribution in [0.2, 0.25) is 0 Å². The zero-order valence-corrected chi connectivity index (χ0v) is 19.8. The van der Waals surface area contributed by atoms with E-state index in [1.54, 1.807) is 29.2 Å². The first-order valence-electron chi connectivity index (χ1n) is 11.9. The number of aromatic amines is 1. The molecule has 1 fully saturated rings. The number of aromatic nitrogens is 2. The monoisotopic (exact) mass is 484 g/mol. The van der Waals surface area contributed by atoms with Gasteiger partial charge < -0.3 is 15.2 Å². The van der Waals surface area contributed by atoms with Gasteiger partial charge in [-0.1, -0.05) is 36.4 Å². The second-order valence-corrected chi connectivity index (χ2v) is 8.92. The van der Waals surface area contributed by atoms with E-state index in [1.807, 2.05) is 30.3 Å². The van der Waals surface area contributed by atoms with E-state index < -0.39 is 11.2 Å². The number of hydrogen-bond donors (Lipinski definition) is 2. The zero-order valence-electron chi connectivity index (χ0n) is 19.8. The molecule has 0 radical (unpaired) electrons. The Hall–Kier alpha value is -4.33. The normalized spacial score (nSPS) is 15.3. The fourth-order valence-electron chi connectivity index (χ4n) is 4.66. The molecular weight excluding hydrogens is 459 g/mol. The first-order valence-corrected chi connectivity index (χ1v) is 11.9. The summed E-state index contributed by atoms with van der Waals surface area (Å²) < 4.78 is 14.8. The fraction of sp³-hybridized carbons (Fsp3) is 0.214. The summed E-state index contributed by atoms with van der Waals surface area (Å²) in [6, 6.07) is 17.2. The highest BCUT2D eigenvalue weighted by Gasteiger charge is 2.29. The Balaban J connectivity index is 1.31. The van der Waals surface area contributed by atoms with Gasteiger partial charge in [-0.15, -0.1) is 0 Å². The maximum absolute atomic E-state index is 14.8. The highest BCUT2D eigenvalue weighted by molar-refractivity contribution is 5.96. The van der Waals surface area contributed by atoms with Crippen molar-refractivity contribution in [2.75, 3.05) is 18.4 Å². The first kappa shape index (κ1) is 23.4. The lowest BCUT2D eigenvalue weighted by Gasteiger charge is -2.25. The van der Waals surface area contributed by atoms with Crippen LogP contribution in [-0.4, -0.2) is 45.7 Å². The SMILES string of the molecule is CC(=O)c1c[nH]c2ccc(NCC3CCCN3C(=O)c3ccc(-c4ccccc4)c(F)c3)nc2c1=O. The summed E-state index contributed by atoms with van der Waals surface area (Å²) in [7, 11) is 0. The van der Waals surface area contributed by atoms with Gasteiger partial charge >= 0.3 is 0 Å². The van der Waals surface area contributed by atoms with E-state index in [0.29, 0.717) is 35.6 Å². The molecule has 2 aromatic heterocycles. The number of nitrogens with one attached hydrogen (secondary N) is 2. The summed E-state index contributed by atoms with van der Waals surface area (Å²) in [5, 5.41) is 3.22. The molecule has 0 spiro atoms. The predicted octanol–water partition coefficient (Wildman–Crippen LogP) is 4.65. The molecule has 1 aliphatic rings. The molecule has 36 heavy (non-hydrogen) atoms. The second-order valence-electron chi connectivity index (χ2n) is 8.92. The molecule has 8 heteroatoms. The molecule has 2 aromatic carbocycles. The van der Waals surface area contributed by atoms with Gasteiger partial charge in [-0.3, -0.25) is 14.4 Å². The van der Waals surface area contributed by atoms with E-state index in [2.05, 4.69) is 15.3 Å². The molecule has 1 aliphatic heterocycles. The van der Waals surface area contributed by atoms with Crippen LogP contribution >= 0.6 is 0 Å². The molecule has 2 N–H and O–H groups in total. The Morgan fingerprint density at radius 2 is 1.94 bits per heavy atom. The number of hydrogen-bond acceptors (Lipinski definition) is 5. The Labute approximate surface area is 207 Å². The van der Waals surface area contributed by atoms with Crippen molar-refractivity contribution >= 4 is 28.5 Å². The average Bonchev–Trinajstić information content (AvgIpc) is 3.36. The van der Waals surface area contributed by atoms with E-state index in [9.17, 15) is 18.8 Å². The van der Waals surface area contributed by atoms with Crippen LogP contribution in [0.15, 0.2) is 71.7 Å². The maximum atomic E-state index is 14.8. The van der Waals surface area contributed by atoms with Gasteiger partial charge in [0.1, 0.15) is 17.2 Å². The Bertz CT molecular complexity index is 1520. The van der Waals surface area contributed by atoms with E-state index in [4.69, 9.17) is 0 Å². The van der Waals surface area contributed by atoms with Crippen LogP contribution in [0.4, 0.5) is 10.2 Å². The molecule has 0 saturated carbocycles. The molecule has 3 heterocycles. The number of benzene rings is 2. The van der Waals surface area contributed by atoms with Crippen molar-refractivity contribution in [3.8, 4) is 11.1 Å². The molecule has 1 atom stereocenters. The molecule has 7 nitrogen and oxygen atoms in total. The largest absolute Gasteiger partial charge is 0.368 e. The Morgan fingerprint density at radius 3 is 2.69 bits per heavy atom. The third kappa shape index (κ3) is 4.49. The molecule has 4 aromatic rings. The quantitative estimate of drug-likeness (QED) is 0.389. The van der Waals surface area contributed by atoms with Crippen molar-refractivity contribution in [2.45, 2.75) is 25.8 Å². The molecule has 5 rings (SSSR count). The third-order valence-electron chi connectivity index (χ3n) is 6.56. The van der Waals surface area contributed by atoms with Crippen molar-refractivity contribution in [1.82, 2.24) is 14.9 Å². The van der Waals surface area contributed by atoms with E-state index >= 15 is 0 Å². The summed E-state index contributed by atoms with van der Waals surface area (Å²) in [4.78, 5) is 46.6. The molecule has 182 valence electrons. The van der Waals surface area contributed by atoms with Gasteiger partial charge in [0, 0.05) is 36.5 Å². The number of carbonyl (C=O) groups is 2. The van der Waals surface area contributed by atoms with Crippen LogP contribution in [0.25, 0.3) is 22.2 Å². The first-order chi connectivity index (χ1) is 17.4. The molecular formula is C28H25FN4O3. The summed E-state index contributed by atoms with van der Waals surface area (Å²) in [5.74, 6) is -0.499. The van der Waals surface area contributed by atoms with Crippen molar-refractivity contribution in [2.24, 2.45) is 0 Å². The smallest absolute Gasteiger partial charge is 0.254 e. The number of nitrogens with zero attached hydrogens (tertiary/aromatic N) is 2. The Morgan fingerprint density at radius 1 is 1.14 bits per heavy atom. The molecule has 1 unspecified atom stereocenters. The summed E-state index contributed by atoms with van der Waals surface area (Å²) in [5.41, 5.74) is 1.89. The van der Waals surface area contributed by atoms with Gasteiger partial charge in [0.05, 0.1) is 11.1 Å². The zero-order chi connectivity index (χ0) is 25.2. The number of H-pyrrole nitrogens is 1.